The Morgan fingerprint density at radius 1 is 1.11 bits per heavy atom. The number of carbonyl (C=O) groups is 3. The predicted molar refractivity (Wildman–Crippen MR) is 140 cm³/mol. The molecule has 2 aromatic carbocycles. The number of aldehydes is 1. The van der Waals surface area contributed by atoms with Crippen LogP contribution in [0.15, 0.2) is 48.5 Å². The molecule has 1 saturated heterocycles. The molecule has 0 saturated carbocycles. The fraction of sp³-hybridized carbons (Fsp3) is 0.400. The number of esters is 1. The number of anilines is 1. The van der Waals surface area contributed by atoms with E-state index in [1.165, 1.54) is 24.4 Å². The molecule has 1 aliphatic heterocycles. The fourth-order valence-electron chi connectivity index (χ4n) is 3.71. The van der Waals surface area contributed by atoms with Crippen molar-refractivity contribution in [3.8, 4) is 0 Å². The van der Waals surface area contributed by atoms with Crippen LogP contribution in [0, 0.1) is 0 Å². The molecule has 2 unspecified atom stereocenters. The highest BCUT2D eigenvalue weighted by Crippen LogP contribution is 2.18. The number of methoxy groups -OCH3 is 1. The smallest absolute Gasteiger partial charge is 0.323 e. The summed E-state index contributed by atoms with van der Waals surface area (Å²) in [6, 6.07) is 14.2. The molecule has 0 aliphatic carbocycles. The molecule has 0 spiro atoms. The Morgan fingerprint density at radius 3 is 2.37 bits per heavy atom. The number of carbonyl (C=O) groups excluding carboxylic acids is 3. The third-order valence-electron chi connectivity index (χ3n) is 5.81. The van der Waals surface area contributed by atoms with Crippen LogP contribution in [-0.4, -0.2) is 85.0 Å². The van der Waals surface area contributed by atoms with Gasteiger partial charge in [-0.1, -0.05) is 23.7 Å². The zero-order valence-corrected chi connectivity index (χ0v) is 21.3. The third-order valence-corrected chi connectivity index (χ3v) is 7.20. The van der Waals surface area contributed by atoms with Gasteiger partial charge in [0.1, 0.15) is 11.4 Å². The second-order valence-electron chi connectivity index (χ2n) is 8.25. The first-order chi connectivity index (χ1) is 16.9. The topological polar surface area (TPSA) is 105 Å². The van der Waals surface area contributed by atoms with E-state index in [1.807, 2.05) is 29.2 Å². The maximum atomic E-state index is 12.9. The zero-order chi connectivity index (χ0) is 25.2. The van der Waals surface area contributed by atoms with Gasteiger partial charge >= 0.3 is 5.97 Å². The summed E-state index contributed by atoms with van der Waals surface area (Å²) in [5.74, 6) is -0.280. The molecule has 188 valence electrons. The molecule has 2 aromatic rings. The van der Waals surface area contributed by atoms with Gasteiger partial charge in [-0.15, -0.1) is 11.8 Å². The first-order valence-corrected chi connectivity index (χ1v) is 12.8. The number of hydrogen-bond acceptors (Lipinski definition) is 8. The molecular weight excluding hydrogens is 488 g/mol. The number of amides is 1. The molecule has 1 heterocycles. The van der Waals surface area contributed by atoms with Crippen LogP contribution in [0.5, 0.6) is 0 Å². The highest BCUT2D eigenvalue weighted by atomic mass is 35.5. The maximum absolute atomic E-state index is 12.9. The molecule has 8 nitrogen and oxygen atoms in total. The van der Waals surface area contributed by atoms with Crippen molar-refractivity contribution in [2.75, 3.05) is 50.9 Å². The Morgan fingerprint density at radius 2 is 1.77 bits per heavy atom. The van der Waals surface area contributed by atoms with Crippen LogP contribution in [0.1, 0.15) is 15.9 Å². The van der Waals surface area contributed by atoms with Gasteiger partial charge < -0.3 is 25.5 Å². The minimum atomic E-state index is -0.799. The van der Waals surface area contributed by atoms with E-state index < -0.39 is 17.4 Å². The van der Waals surface area contributed by atoms with Gasteiger partial charge in [-0.2, -0.15) is 0 Å². The lowest BCUT2D eigenvalue weighted by Gasteiger charge is -2.34. The van der Waals surface area contributed by atoms with Crippen LogP contribution in [0.4, 0.5) is 5.69 Å². The van der Waals surface area contributed by atoms with E-state index in [4.69, 9.17) is 17.3 Å². The molecule has 0 bridgehead atoms. The number of benzene rings is 2. The van der Waals surface area contributed by atoms with E-state index in [-0.39, 0.29) is 11.7 Å². The van der Waals surface area contributed by atoms with Crippen LogP contribution < -0.4 is 11.1 Å². The van der Waals surface area contributed by atoms with E-state index in [0.29, 0.717) is 24.3 Å². The summed E-state index contributed by atoms with van der Waals surface area (Å²) in [5, 5.41) is 3.24. The molecule has 0 aromatic heterocycles. The van der Waals surface area contributed by atoms with Crippen LogP contribution >= 0.6 is 23.4 Å². The minimum Gasteiger partial charge on any atom is -0.468 e. The van der Waals surface area contributed by atoms with Gasteiger partial charge in [0.2, 0.25) is 0 Å². The fourth-order valence-corrected chi connectivity index (χ4v) is 4.69. The molecule has 1 amide bonds. The van der Waals surface area contributed by atoms with Crippen molar-refractivity contribution < 1.29 is 19.1 Å². The number of hydrogen-bond donors (Lipinski definition) is 2. The number of ether oxygens (including phenoxy) is 1. The summed E-state index contributed by atoms with van der Waals surface area (Å²) in [6.07, 6.45) is 1.70. The van der Waals surface area contributed by atoms with Crippen molar-refractivity contribution >= 4 is 47.2 Å². The van der Waals surface area contributed by atoms with Crippen molar-refractivity contribution in [3.63, 3.8) is 0 Å². The average molecular weight is 519 g/mol. The Hall–Kier alpha value is -2.59. The third kappa shape index (κ3) is 8.24. The van der Waals surface area contributed by atoms with Gasteiger partial charge in [0.05, 0.1) is 7.11 Å². The van der Waals surface area contributed by atoms with Crippen LogP contribution in [0.2, 0.25) is 5.02 Å². The molecular formula is C25H31ClN4O4S. The van der Waals surface area contributed by atoms with E-state index in [0.717, 1.165) is 37.4 Å². The van der Waals surface area contributed by atoms with Crippen LogP contribution in [0.3, 0.4) is 0 Å². The second kappa shape index (κ2) is 13.5. The van der Waals surface area contributed by atoms with Crippen molar-refractivity contribution in [3.05, 3.63) is 64.7 Å². The van der Waals surface area contributed by atoms with Gasteiger partial charge in [-0.25, -0.2) is 0 Å². The van der Waals surface area contributed by atoms with Gasteiger partial charge in [0.15, 0.2) is 6.29 Å². The first-order valence-electron chi connectivity index (χ1n) is 11.4. The normalized spacial score (nSPS) is 15.8. The number of nitrogens with one attached hydrogen (secondary N) is 1. The summed E-state index contributed by atoms with van der Waals surface area (Å²) in [7, 11) is 1.27. The zero-order valence-electron chi connectivity index (χ0n) is 19.7. The molecule has 3 N–H and O–H groups in total. The van der Waals surface area contributed by atoms with E-state index in [9.17, 15) is 14.4 Å². The van der Waals surface area contributed by atoms with E-state index in [2.05, 4.69) is 15.0 Å². The van der Waals surface area contributed by atoms with Crippen LogP contribution in [-0.2, 0) is 20.7 Å². The largest absolute Gasteiger partial charge is 0.468 e. The minimum absolute atomic E-state index is 0.000680. The Bertz CT molecular complexity index is 982. The van der Waals surface area contributed by atoms with Crippen molar-refractivity contribution in [1.82, 2.24) is 9.80 Å². The molecule has 3 rings (SSSR count). The summed E-state index contributed by atoms with van der Waals surface area (Å²) in [6.45, 7) is 3.99. The number of nitrogens with two attached hydrogens (primary N) is 1. The highest BCUT2D eigenvalue weighted by Gasteiger charge is 2.22. The number of piperazine rings is 1. The Kier molecular flexibility index (Phi) is 10.4. The molecule has 35 heavy (non-hydrogen) atoms. The molecule has 1 aliphatic rings. The maximum Gasteiger partial charge on any atom is 0.323 e. The van der Waals surface area contributed by atoms with Gasteiger partial charge in [-0.05, 0) is 48.4 Å². The first kappa shape index (κ1) is 27.0. The quantitative estimate of drug-likeness (QED) is 0.265. The second-order valence-corrected chi connectivity index (χ2v) is 9.86. The number of thioether (sulfide) groups is 1. The lowest BCUT2D eigenvalue weighted by Crippen LogP contribution is -2.49. The summed E-state index contributed by atoms with van der Waals surface area (Å²) < 4.78 is 4.59. The van der Waals surface area contributed by atoms with Crippen molar-refractivity contribution in [1.29, 1.82) is 0 Å². The average Bonchev–Trinajstić information content (AvgIpc) is 2.90. The summed E-state index contributed by atoms with van der Waals surface area (Å²) >= 11 is 7.16. The molecule has 0 radical (unpaired) electrons. The van der Waals surface area contributed by atoms with Crippen molar-refractivity contribution in [2.45, 2.75) is 17.8 Å². The lowest BCUT2D eigenvalue weighted by atomic mass is 10.1. The number of nitrogens with zero attached hydrogens (tertiary/aromatic N) is 2. The lowest BCUT2D eigenvalue weighted by molar-refractivity contribution is -0.141. The van der Waals surface area contributed by atoms with Crippen LogP contribution in [0.25, 0.3) is 0 Å². The van der Waals surface area contributed by atoms with Gasteiger partial charge in [0.25, 0.3) is 5.91 Å². The summed E-state index contributed by atoms with van der Waals surface area (Å²) in [4.78, 5) is 40.0. The number of rotatable bonds is 11. The Balaban J connectivity index is 1.44. The summed E-state index contributed by atoms with van der Waals surface area (Å²) in [5.41, 5.74) is 8.27. The van der Waals surface area contributed by atoms with Gasteiger partial charge in [0, 0.05) is 54.8 Å². The molecule has 2 atom stereocenters. The Labute approximate surface area is 215 Å². The standard InChI is InChI=1S/C25H31ClN4O4S/c1-34-25(33)22(27)17-35-23(16-31)28-21-8-4-19(5-9-21)24(32)30-14-12-29(13-15-30)11-10-18-2-6-20(26)7-3-18/h2-9,16,22-23,28H,10-15,17,27H2,1H3. The predicted octanol–water partition coefficient (Wildman–Crippen LogP) is 2.51. The SMILES string of the molecule is COC(=O)C(N)CSC(C=O)Nc1ccc(C(=O)N2CCN(CCc3ccc(Cl)cc3)CC2)cc1. The van der Waals surface area contributed by atoms with E-state index >= 15 is 0 Å². The molecule has 10 heteroatoms. The molecule has 1 fully saturated rings. The monoisotopic (exact) mass is 518 g/mol. The van der Waals surface area contributed by atoms with Gasteiger partial charge in [-0.3, -0.25) is 14.5 Å². The number of halogens is 1. The van der Waals surface area contributed by atoms with E-state index in [1.54, 1.807) is 24.3 Å². The van der Waals surface area contributed by atoms with Crippen molar-refractivity contribution in [2.24, 2.45) is 5.73 Å². The highest BCUT2D eigenvalue weighted by molar-refractivity contribution is 8.00.